The van der Waals surface area contributed by atoms with Crippen molar-refractivity contribution >= 4 is 6.08 Å². The first kappa shape index (κ1) is 13.1. The summed E-state index contributed by atoms with van der Waals surface area (Å²) in [4.78, 5) is 2.41. The zero-order valence-corrected chi connectivity index (χ0v) is 11.9. The van der Waals surface area contributed by atoms with E-state index in [1.54, 1.807) is 0 Å². The van der Waals surface area contributed by atoms with Crippen molar-refractivity contribution in [3.05, 3.63) is 53.6 Å². The highest BCUT2D eigenvalue weighted by Crippen LogP contribution is 2.12. The number of aromatic nitrogens is 3. The fourth-order valence-corrected chi connectivity index (χ4v) is 2.59. The molecule has 4 heteroatoms. The van der Waals surface area contributed by atoms with Gasteiger partial charge in [-0.3, -0.25) is 4.90 Å². The maximum Gasteiger partial charge on any atom is 0.147 e. The van der Waals surface area contributed by atoms with Crippen molar-refractivity contribution in [2.24, 2.45) is 0 Å². The lowest BCUT2D eigenvalue weighted by molar-refractivity contribution is 0.237. The molecule has 104 valence electrons. The van der Waals surface area contributed by atoms with Crippen molar-refractivity contribution in [1.29, 1.82) is 0 Å². The van der Waals surface area contributed by atoms with Gasteiger partial charge < -0.3 is 4.57 Å². The van der Waals surface area contributed by atoms with Crippen LogP contribution >= 0.6 is 0 Å². The van der Waals surface area contributed by atoms with Crippen LogP contribution in [0.15, 0.2) is 36.4 Å². The summed E-state index contributed by atoms with van der Waals surface area (Å²) in [5.74, 6) is 2.21. The lowest BCUT2D eigenvalue weighted by Gasteiger charge is -2.26. The quantitative estimate of drug-likeness (QED) is 0.853. The maximum atomic E-state index is 4.29. The Morgan fingerprint density at radius 1 is 1.15 bits per heavy atom. The molecule has 2 heterocycles. The molecular formula is C16H20N4. The second-order valence-electron chi connectivity index (χ2n) is 5.09. The molecule has 2 aromatic rings. The van der Waals surface area contributed by atoms with Gasteiger partial charge in [0.25, 0.3) is 0 Å². The predicted octanol–water partition coefficient (Wildman–Crippen LogP) is 2.37. The number of aryl methyl sites for hydroxylation is 1. The molecule has 1 aromatic carbocycles. The van der Waals surface area contributed by atoms with E-state index in [0.717, 1.165) is 44.2 Å². The van der Waals surface area contributed by atoms with E-state index < -0.39 is 0 Å². The molecule has 0 spiro atoms. The summed E-state index contributed by atoms with van der Waals surface area (Å²) >= 11 is 0. The van der Waals surface area contributed by atoms with Crippen molar-refractivity contribution in [2.45, 2.75) is 26.4 Å². The molecule has 0 saturated heterocycles. The van der Waals surface area contributed by atoms with Crippen LogP contribution in [-0.4, -0.2) is 32.8 Å². The summed E-state index contributed by atoms with van der Waals surface area (Å²) in [5.41, 5.74) is 1.25. The fourth-order valence-electron chi connectivity index (χ4n) is 2.59. The van der Waals surface area contributed by atoms with Gasteiger partial charge in [0, 0.05) is 26.1 Å². The van der Waals surface area contributed by atoms with Crippen molar-refractivity contribution in [3.63, 3.8) is 0 Å². The molecule has 0 saturated carbocycles. The van der Waals surface area contributed by atoms with Crippen LogP contribution in [0.4, 0.5) is 0 Å². The van der Waals surface area contributed by atoms with Crippen LogP contribution in [0.5, 0.6) is 0 Å². The van der Waals surface area contributed by atoms with Gasteiger partial charge in [0.2, 0.25) is 0 Å². The second kappa shape index (κ2) is 6.01. The van der Waals surface area contributed by atoms with Crippen molar-refractivity contribution in [1.82, 2.24) is 19.7 Å². The highest BCUT2D eigenvalue weighted by Gasteiger charge is 2.19. The SMILES string of the molecule is CCc1nnc2n1CCN(CC=Cc1ccccc1)C2. The Morgan fingerprint density at radius 2 is 2.00 bits per heavy atom. The molecule has 0 atom stereocenters. The third-order valence-electron chi connectivity index (χ3n) is 3.70. The van der Waals surface area contributed by atoms with Gasteiger partial charge in [0.05, 0.1) is 6.54 Å². The van der Waals surface area contributed by atoms with Gasteiger partial charge >= 0.3 is 0 Å². The Hall–Kier alpha value is -1.94. The normalized spacial score (nSPS) is 15.7. The molecule has 20 heavy (non-hydrogen) atoms. The second-order valence-corrected chi connectivity index (χ2v) is 5.09. The first-order chi connectivity index (χ1) is 9.86. The number of hydrogen-bond acceptors (Lipinski definition) is 3. The molecule has 1 aliphatic heterocycles. The monoisotopic (exact) mass is 268 g/mol. The molecule has 0 radical (unpaired) electrons. The Kier molecular flexibility index (Phi) is 3.92. The average Bonchev–Trinajstić information content (AvgIpc) is 2.90. The Balaban J connectivity index is 1.59. The zero-order chi connectivity index (χ0) is 13.8. The van der Waals surface area contributed by atoms with E-state index in [-0.39, 0.29) is 0 Å². The predicted molar refractivity (Wildman–Crippen MR) is 80.2 cm³/mol. The molecule has 3 rings (SSSR count). The molecule has 0 N–H and O–H groups in total. The van der Waals surface area contributed by atoms with Crippen LogP contribution in [0.2, 0.25) is 0 Å². The highest BCUT2D eigenvalue weighted by atomic mass is 15.3. The molecule has 0 amide bonds. The molecule has 1 aromatic heterocycles. The summed E-state index contributed by atoms with van der Waals surface area (Å²) in [6.45, 7) is 6.06. The summed E-state index contributed by atoms with van der Waals surface area (Å²) in [7, 11) is 0. The Bertz CT molecular complexity index is 586. The van der Waals surface area contributed by atoms with Crippen LogP contribution in [-0.2, 0) is 19.5 Å². The minimum Gasteiger partial charge on any atom is -0.313 e. The topological polar surface area (TPSA) is 34.0 Å². The minimum absolute atomic E-state index is 0.895. The van der Waals surface area contributed by atoms with E-state index in [4.69, 9.17) is 0 Å². The lowest BCUT2D eigenvalue weighted by atomic mass is 10.2. The van der Waals surface area contributed by atoms with Crippen LogP contribution in [0, 0.1) is 0 Å². The number of hydrogen-bond donors (Lipinski definition) is 0. The molecule has 1 aliphatic rings. The number of fused-ring (bicyclic) bond motifs is 1. The van der Waals surface area contributed by atoms with Crippen molar-refractivity contribution in [3.8, 4) is 0 Å². The van der Waals surface area contributed by atoms with E-state index >= 15 is 0 Å². The number of rotatable bonds is 4. The van der Waals surface area contributed by atoms with E-state index in [2.05, 4.69) is 63.0 Å². The van der Waals surface area contributed by atoms with Gasteiger partial charge in [-0.05, 0) is 5.56 Å². The summed E-state index contributed by atoms with van der Waals surface area (Å²) < 4.78 is 2.26. The molecule has 0 unspecified atom stereocenters. The third kappa shape index (κ3) is 2.80. The van der Waals surface area contributed by atoms with Crippen molar-refractivity contribution < 1.29 is 0 Å². The maximum absolute atomic E-state index is 4.29. The fraction of sp³-hybridized carbons (Fsp3) is 0.375. The number of nitrogens with zero attached hydrogens (tertiary/aromatic N) is 4. The van der Waals surface area contributed by atoms with Crippen LogP contribution in [0.25, 0.3) is 6.08 Å². The van der Waals surface area contributed by atoms with E-state index in [0.29, 0.717) is 0 Å². The third-order valence-corrected chi connectivity index (χ3v) is 3.70. The first-order valence-electron chi connectivity index (χ1n) is 7.21. The highest BCUT2D eigenvalue weighted by molar-refractivity contribution is 5.48. The van der Waals surface area contributed by atoms with Gasteiger partial charge in [0.15, 0.2) is 0 Å². The zero-order valence-electron chi connectivity index (χ0n) is 11.9. The first-order valence-corrected chi connectivity index (χ1v) is 7.21. The number of benzene rings is 1. The van der Waals surface area contributed by atoms with Gasteiger partial charge in [-0.25, -0.2) is 0 Å². The summed E-state index contributed by atoms with van der Waals surface area (Å²) in [5, 5.41) is 8.54. The summed E-state index contributed by atoms with van der Waals surface area (Å²) in [6.07, 6.45) is 5.36. The van der Waals surface area contributed by atoms with E-state index in [1.165, 1.54) is 5.56 Å². The Labute approximate surface area is 119 Å². The molecule has 4 nitrogen and oxygen atoms in total. The van der Waals surface area contributed by atoms with Crippen LogP contribution in [0.1, 0.15) is 24.1 Å². The van der Waals surface area contributed by atoms with Gasteiger partial charge in [-0.1, -0.05) is 49.4 Å². The van der Waals surface area contributed by atoms with Crippen LogP contribution in [0.3, 0.4) is 0 Å². The Morgan fingerprint density at radius 3 is 2.80 bits per heavy atom. The van der Waals surface area contributed by atoms with Gasteiger partial charge in [0.1, 0.15) is 11.6 Å². The van der Waals surface area contributed by atoms with Gasteiger partial charge in [-0.15, -0.1) is 10.2 Å². The molecule has 0 fully saturated rings. The lowest BCUT2D eigenvalue weighted by Crippen LogP contribution is -2.34. The van der Waals surface area contributed by atoms with E-state index in [9.17, 15) is 0 Å². The standard InChI is InChI=1S/C16H20N4/c1-2-15-17-18-16-13-19(11-12-20(15)16)10-6-9-14-7-4-3-5-8-14/h3-9H,2,10-13H2,1H3. The molecule has 0 bridgehead atoms. The molecular weight excluding hydrogens is 248 g/mol. The van der Waals surface area contributed by atoms with Crippen LogP contribution < -0.4 is 0 Å². The largest absolute Gasteiger partial charge is 0.313 e. The van der Waals surface area contributed by atoms with Gasteiger partial charge in [-0.2, -0.15) is 0 Å². The average molecular weight is 268 g/mol. The summed E-state index contributed by atoms with van der Waals surface area (Å²) in [6, 6.07) is 10.4. The molecule has 0 aliphatic carbocycles. The van der Waals surface area contributed by atoms with E-state index in [1.807, 2.05) is 6.07 Å². The van der Waals surface area contributed by atoms with Crippen molar-refractivity contribution in [2.75, 3.05) is 13.1 Å². The smallest absolute Gasteiger partial charge is 0.147 e. The minimum atomic E-state index is 0.895.